The monoisotopic (exact) mass is 485 g/mol. The molecule has 1 aliphatic heterocycles. The van der Waals surface area contributed by atoms with Crippen LogP contribution in [0.5, 0.6) is 5.75 Å². The molecule has 9 nitrogen and oxygen atoms in total. The number of amides is 1. The van der Waals surface area contributed by atoms with Crippen LogP contribution in [0.25, 0.3) is 0 Å². The van der Waals surface area contributed by atoms with E-state index in [1.54, 1.807) is 43.3 Å². The highest BCUT2D eigenvalue weighted by molar-refractivity contribution is 7.92. The lowest BCUT2D eigenvalue weighted by Gasteiger charge is -2.22. The van der Waals surface area contributed by atoms with Crippen LogP contribution < -0.4 is 13.9 Å². The van der Waals surface area contributed by atoms with Gasteiger partial charge in [-0.3, -0.25) is 9.10 Å². The van der Waals surface area contributed by atoms with Gasteiger partial charge in [0.15, 0.2) is 6.61 Å². The van der Waals surface area contributed by atoms with E-state index in [1.165, 1.54) is 15.3 Å². The van der Waals surface area contributed by atoms with Crippen molar-refractivity contribution in [3.63, 3.8) is 0 Å². The Labute approximate surface area is 199 Å². The molecule has 0 N–H and O–H groups in total. The third-order valence-corrected chi connectivity index (χ3v) is 6.63. The Morgan fingerprint density at radius 2 is 1.91 bits per heavy atom. The van der Waals surface area contributed by atoms with E-state index in [2.05, 4.69) is 0 Å². The maximum atomic E-state index is 12.8. The Bertz CT molecular complexity index is 1200. The molecule has 0 bridgehead atoms. The molecule has 1 atom stereocenters. The van der Waals surface area contributed by atoms with E-state index in [4.69, 9.17) is 14.7 Å². The van der Waals surface area contributed by atoms with E-state index in [0.29, 0.717) is 30.2 Å². The Hall–Kier alpha value is -3.58. The SMILES string of the molecule is CCOc1ccc(N(CCC#N)C(=O)COC(=O)c2ccc3c(c2)CC(C)N3S(C)(=O)=O)cc1. The molecule has 2 aromatic carbocycles. The molecule has 2 aromatic rings. The molecule has 0 fully saturated rings. The van der Waals surface area contributed by atoms with Crippen molar-refractivity contribution in [2.75, 3.05) is 35.2 Å². The fraction of sp³-hybridized carbons (Fsp3) is 0.375. The standard InChI is InChI=1S/C24H27N3O6S/c1-4-32-21-9-7-20(8-10-21)26(13-5-12-25)23(28)16-33-24(29)18-6-11-22-19(15-18)14-17(2)27(22)34(3,30)31/h6-11,15,17H,4-5,13-14,16H2,1-3H3. The zero-order valence-electron chi connectivity index (χ0n) is 19.4. The summed E-state index contributed by atoms with van der Waals surface area (Å²) in [7, 11) is -3.43. The molecule has 1 heterocycles. The molecule has 0 radical (unpaired) electrons. The maximum absolute atomic E-state index is 12.8. The average molecular weight is 486 g/mol. The zero-order valence-corrected chi connectivity index (χ0v) is 20.2. The van der Waals surface area contributed by atoms with Gasteiger partial charge in [0.1, 0.15) is 5.75 Å². The lowest BCUT2D eigenvalue weighted by Crippen LogP contribution is -2.35. The molecule has 0 saturated carbocycles. The summed E-state index contributed by atoms with van der Waals surface area (Å²) in [5.74, 6) is -0.495. The molecule has 0 saturated heterocycles. The molecule has 0 aliphatic carbocycles. The number of sulfonamides is 1. The van der Waals surface area contributed by atoms with Gasteiger partial charge in [0.05, 0.1) is 36.6 Å². The Balaban J connectivity index is 1.69. The number of fused-ring (bicyclic) bond motifs is 1. The van der Waals surface area contributed by atoms with Crippen LogP contribution in [-0.4, -0.2) is 52.4 Å². The summed E-state index contributed by atoms with van der Waals surface area (Å²) in [6, 6.07) is 13.3. The van der Waals surface area contributed by atoms with Crippen molar-refractivity contribution in [1.82, 2.24) is 0 Å². The summed E-state index contributed by atoms with van der Waals surface area (Å²) in [5, 5.41) is 8.95. The summed E-state index contributed by atoms with van der Waals surface area (Å²) >= 11 is 0. The Morgan fingerprint density at radius 3 is 2.53 bits per heavy atom. The zero-order chi connectivity index (χ0) is 24.9. The first-order valence-electron chi connectivity index (χ1n) is 10.8. The van der Waals surface area contributed by atoms with Crippen LogP contribution in [0.15, 0.2) is 42.5 Å². The number of hydrogen-bond acceptors (Lipinski definition) is 7. The van der Waals surface area contributed by atoms with E-state index in [0.717, 1.165) is 11.8 Å². The second-order valence-corrected chi connectivity index (χ2v) is 9.77. The fourth-order valence-electron chi connectivity index (χ4n) is 3.97. The second kappa shape index (κ2) is 10.6. The lowest BCUT2D eigenvalue weighted by atomic mass is 10.1. The van der Waals surface area contributed by atoms with Crippen molar-refractivity contribution in [3.8, 4) is 11.8 Å². The maximum Gasteiger partial charge on any atom is 0.338 e. The topological polar surface area (TPSA) is 117 Å². The van der Waals surface area contributed by atoms with E-state index in [-0.39, 0.29) is 24.6 Å². The molecule has 1 amide bonds. The van der Waals surface area contributed by atoms with Gasteiger partial charge in [0, 0.05) is 18.3 Å². The lowest BCUT2D eigenvalue weighted by molar-refractivity contribution is -0.121. The molecular formula is C24H27N3O6S. The van der Waals surface area contributed by atoms with Crippen molar-refractivity contribution < 1.29 is 27.5 Å². The second-order valence-electron chi connectivity index (χ2n) is 7.91. The van der Waals surface area contributed by atoms with E-state index < -0.39 is 28.5 Å². The quantitative estimate of drug-likeness (QED) is 0.501. The van der Waals surface area contributed by atoms with Crippen molar-refractivity contribution in [2.24, 2.45) is 0 Å². The highest BCUT2D eigenvalue weighted by Crippen LogP contribution is 2.34. The fourth-order valence-corrected chi connectivity index (χ4v) is 5.24. The van der Waals surface area contributed by atoms with Crippen LogP contribution in [0.3, 0.4) is 0 Å². The molecule has 3 rings (SSSR count). The van der Waals surface area contributed by atoms with Crippen LogP contribution in [0, 0.1) is 11.3 Å². The molecular weight excluding hydrogens is 458 g/mol. The summed E-state index contributed by atoms with van der Waals surface area (Å²) in [6.45, 7) is 3.84. The first kappa shape index (κ1) is 25.1. The summed E-state index contributed by atoms with van der Waals surface area (Å²) < 4.78 is 36.1. The van der Waals surface area contributed by atoms with Gasteiger partial charge in [-0.2, -0.15) is 5.26 Å². The Kier molecular flexibility index (Phi) is 7.79. The summed E-state index contributed by atoms with van der Waals surface area (Å²) in [5.41, 5.74) is 2.07. The highest BCUT2D eigenvalue weighted by Gasteiger charge is 2.33. The van der Waals surface area contributed by atoms with Crippen molar-refractivity contribution in [3.05, 3.63) is 53.6 Å². The van der Waals surface area contributed by atoms with Crippen LogP contribution in [-0.2, 0) is 26.0 Å². The van der Waals surface area contributed by atoms with Gasteiger partial charge in [-0.05, 0) is 68.3 Å². The molecule has 10 heteroatoms. The predicted molar refractivity (Wildman–Crippen MR) is 127 cm³/mol. The molecule has 0 spiro atoms. The number of carbonyl (C=O) groups excluding carboxylic acids is 2. The van der Waals surface area contributed by atoms with E-state index in [1.807, 2.05) is 13.0 Å². The van der Waals surface area contributed by atoms with Crippen molar-refractivity contribution in [2.45, 2.75) is 32.7 Å². The Morgan fingerprint density at radius 1 is 1.21 bits per heavy atom. The predicted octanol–water partition coefficient (Wildman–Crippen LogP) is 2.90. The summed E-state index contributed by atoms with van der Waals surface area (Å²) in [4.78, 5) is 26.8. The van der Waals surface area contributed by atoms with Crippen molar-refractivity contribution in [1.29, 1.82) is 5.26 Å². The first-order chi connectivity index (χ1) is 16.2. The number of esters is 1. The van der Waals surface area contributed by atoms with Crippen molar-refractivity contribution >= 4 is 33.3 Å². The van der Waals surface area contributed by atoms with Gasteiger partial charge >= 0.3 is 5.97 Å². The third kappa shape index (κ3) is 5.66. The highest BCUT2D eigenvalue weighted by atomic mass is 32.2. The van der Waals surface area contributed by atoms with Gasteiger partial charge in [0.25, 0.3) is 5.91 Å². The molecule has 1 unspecified atom stereocenters. The number of ether oxygens (including phenoxy) is 2. The number of rotatable bonds is 9. The molecule has 180 valence electrons. The van der Waals surface area contributed by atoms with Gasteiger partial charge in [-0.1, -0.05) is 0 Å². The largest absolute Gasteiger partial charge is 0.494 e. The minimum atomic E-state index is -3.43. The normalized spacial score (nSPS) is 14.8. The molecule has 1 aliphatic rings. The van der Waals surface area contributed by atoms with E-state index in [9.17, 15) is 18.0 Å². The number of hydrogen-bond donors (Lipinski definition) is 0. The van der Waals surface area contributed by atoms with Crippen LogP contribution >= 0.6 is 0 Å². The molecule has 34 heavy (non-hydrogen) atoms. The number of nitrogens with zero attached hydrogens (tertiary/aromatic N) is 3. The minimum absolute atomic E-state index is 0.118. The van der Waals surface area contributed by atoms with Crippen LogP contribution in [0.1, 0.15) is 36.2 Å². The van der Waals surface area contributed by atoms with Gasteiger partial charge in [0.2, 0.25) is 10.0 Å². The number of anilines is 2. The first-order valence-corrected chi connectivity index (χ1v) is 12.7. The summed E-state index contributed by atoms with van der Waals surface area (Å²) in [6.07, 6.45) is 1.74. The number of nitriles is 1. The third-order valence-electron chi connectivity index (χ3n) is 5.36. The van der Waals surface area contributed by atoms with Gasteiger partial charge in [-0.25, -0.2) is 13.2 Å². The van der Waals surface area contributed by atoms with E-state index >= 15 is 0 Å². The number of benzene rings is 2. The number of carbonyl (C=O) groups is 2. The van der Waals surface area contributed by atoms with Crippen LogP contribution in [0.4, 0.5) is 11.4 Å². The minimum Gasteiger partial charge on any atom is -0.494 e. The average Bonchev–Trinajstić information content (AvgIpc) is 3.14. The van der Waals surface area contributed by atoms with Crippen LogP contribution in [0.2, 0.25) is 0 Å². The smallest absolute Gasteiger partial charge is 0.338 e. The van der Waals surface area contributed by atoms with Gasteiger partial charge in [-0.15, -0.1) is 0 Å². The molecule has 0 aromatic heterocycles. The van der Waals surface area contributed by atoms with Gasteiger partial charge < -0.3 is 14.4 Å².